The maximum atomic E-state index is 11.1. The molecule has 6 nitrogen and oxygen atoms in total. The molecule has 2 aliphatic heterocycles. The summed E-state index contributed by atoms with van der Waals surface area (Å²) in [7, 11) is 0. The number of carbonyl (C=O) groups is 2. The average molecular weight is 300 g/mol. The molecule has 2 heterocycles. The Morgan fingerprint density at radius 1 is 1.14 bits per heavy atom. The third-order valence-corrected chi connectivity index (χ3v) is 4.64. The minimum Gasteiger partial charge on any atom is -0.480 e. The van der Waals surface area contributed by atoms with Crippen molar-refractivity contribution in [3.63, 3.8) is 0 Å². The lowest BCUT2D eigenvalue weighted by Crippen LogP contribution is -2.69. The predicted molar refractivity (Wildman–Crippen MR) is 74.1 cm³/mol. The molecule has 2 saturated heterocycles. The highest BCUT2D eigenvalue weighted by molar-refractivity contribution is 5.76. The first-order chi connectivity index (χ1) is 9.65. The van der Waals surface area contributed by atoms with E-state index < -0.39 is 11.6 Å². The summed E-state index contributed by atoms with van der Waals surface area (Å²) in [5, 5.41) is 8.80. The quantitative estimate of drug-likeness (QED) is 0.798. The van der Waals surface area contributed by atoms with E-state index in [0.717, 1.165) is 12.8 Å². The van der Waals surface area contributed by atoms with Crippen molar-refractivity contribution < 1.29 is 28.9 Å². The van der Waals surface area contributed by atoms with Crippen molar-refractivity contribution in [1.29, 1.82) is 0 Å². The zero-order chi connectivity index (χ0) is 15.8. The third-order valence-electron chi connectivity index (χ3n) is 4.64. The molecule has 0 aromatic rings. The van der Waals surface area contributed by atoms with E-state index in [-0.39, 0.29) is 42.7 Å². The second-order valence-electron chi connectivity index (χ2n) is 6.75. The predicted octanol–water partition coefficient (Wildman–Crippen LogP) is 1.41. The van der Waals surface area contributed by atoms with E-state index in [1.54, 1.807) is 0 Å². The minimum absolute atomic E-state index is 0.0395. The molecular formula is C15H24O6. The number of hydrogen-bond acceptors (Lipinski definition) is 5. The Hall–Kier alpha value is -0.980. The van der Waals surface area contributed by atoms with Crippen LogP contribution in [0.25, 0.3) is 0 Å². The van der Waals surface area contributed by atoms with Crippen LogP contribution in [0.2, 0.25) is 0 Å². The van der Waals surface area contributed by atoms with Crippen LogP contribution in [0.15, 0.2) is 0 Å². The Labute approximate surface area is 124 Å². The Morgan fingerprint density at radius 2 is 1.67 bits per heavy atom. The van der Waals surface area contributed by atoms with Crippen LogP contribution in [-0.2, 0) is 23.8 Å². The van der Waals surface area contributed by atoms with Crippen LogP contribution in [0, 0.1) is 5.92 Å². The highest BCUT2D eigenvalue weighted by Crippen LogP contribution is 2.51. The molecule has 1 aliphatic carbocycles. The molecule has 0 spiro atoms. The second kappa shape index (κ2) is 5.66. The molecule has 2 bridgehead atoms. The Balaban J connectivity index is 2.14. The number of hydrogen-bond donors (Lipinski definition) is 1. The molecule has 4 unspecified atom stereocenters. The molecule has 3 aliphatic rings. The van der Waals surface area contributed by atoms with E-state index in [1.165, 1.54) is 6.92 Å². The van der Waals surface area contributed by atoms with E-state index in [0.29, 0.717) is 0 Å². The summed E-state index contributed by atoms with van der Waals surface area (Å²) in [5.41, 5.74) is -1.03. The molecule has 1 N–H and O–H groups in total. The fourth-order valence-electron chi connectivity index (χ4n) is 3.49. The van der Waals surface area contributed by atoms with E-state index >= 15 is 0 Å². The molecule has 4 atom stereocenters. The fraction of sp³-hybridized carbons (Fsp3) is 0.867. The standard InChI is InChI=1S/C15H24O6/c1-9(16)7-19-11-5-10-6-12(20-8-13(17)18)15(11,4)21-14(10,2)3/h10-12H,5-8H2,1-4H3,(H,17,18). The molecule has 0 aromatic heterocycles. The summed E-state index contributed by atoms with van der Waals surface area (Å²) in [5.74, 6) is -0.821. The maximum Gasteiger partial charge on any atom is 0.329 e. The molecule has 3 fully saturated rings. The minimum atomic E-state index is -1.000. The van der Waals surface area contributed by atoms with Crippen LogP contribution < -0.4 is 0 Å². The van der Waals surface area contributed by atoms with E-state index in [4.69, 9.17) is 19.3 Å². The number of Topliss-reactive ketones (excluding diaryl/α,β-unsaturated/α-hetero) is 1. The topological polar surface area (TPSA) is 82.1 Å². The normalized spacial score (nSPS) is 37.4. The molecular weight excluding hydrogens is 276 g/mol. The Bertz CT molecular complexity index is 402. The van der Waals surface area contributed by atoms with Crippen molar-refractivity contribution in [1.82, 2.24) is 0 Å². The molecule has 120 valence electrons. The zero-order valence-corrected chi connectivity index (χ0v) is 13.0. The van der Waals surface area contributed by atoms with Crippen molar-refractivity contribution >= 4 is 11.8 Å². The number of fused-ring (bicyclic) bond motifs is 3. The van der Waals surface area contributed by atoms with Crippen LogP contribution >= 0.6 is 0 Å². The lowest BCUT2D eigenvalue weighted by Gasteiger charge is -2.60. The van der Waals surface area contributed by atoms with Gasteiger partial charge in [0.25, 0.3) is 0 Å². The van der Waals surface area contributed by atoms with Crippen LogP contribution in [0.1, 0.15) is 40.5 Å². The highest BCUT2D eigenvalue weighted by atomic mass is 16.6. The van der Waals surface area contributed by atoms with Gasteiger partial charge in [-0.3, -0.25) is 4.79 Å². The van der Waals surface area contributed by atoms with Crippen molar-refractivity contribution in [3.8, 4) is 0 Å². The van der Waals surface area contributed by atoms with Gasteiger partial charge in [-0.15, -0.1) is 0 Å². The molecule has 0 aromatic carbocycles. The summed E-state index contributed by atoms with van der Waals surface area (Å²) in [6, 6.07) is 0. The summed E-state index contributed by atoms with van der Waals surface area (Å²) in [6.45, 7) is 7.13. The van der Waals surface area contributed by atoms with E-state index in [9.17, 15) is 9.59 Å². The number of ketones is 1. The maximum absolute atomic E-state index is 11.1. The fourth-order valence-corrected chi connectivity index (χ4v) is 3.49. The first-order valence-electron chi connectivity index (χ1n) is 7.29. The van der Waals surface area contributed by atoms with Gasteiger partial charge in [-0.2, -0.15) is 0 Å². The van der Waals surface area contributed by atoms with Gasteiger partial charge in [0.05, 0.1) is 17.8 Å². The Morgan fingerprint density at radius 3 is 2.14 bits per heavy atom. The third kappa shape index (κ3) is 3.27. The van der Waals surface area contributed by atoms with Gasteiger partial charge in [-0.05, 0) is 46.5 Å². The molecule has 21 heavy (non-hydrogen) atoms. The van der Waals surface area contributed by atoms with Crippen molar-refractivity contribution in [2.45, 2.75) is 63.9 Å². The number of carboxylic acid groups (broad SMARTS) is 1. The lowest BCUT2D eigenvalue weighted by molar-refractivity contribution is -0.323. The van der Waals surface area contributed by atoms with Crippen LogP contribution in [0.4, 0.5) is 0 Å². The number of aliphatic carboxylic acids is 1. The van der Waals surface area contributed by atoms with Crippen molar-refractivity contribution in [2.24, 2.45) is 5.92 Å². The van der Waals surface area contributed by atoms with Gasteiger partial charge in [0, 0.05) is 0 Å². The van der Waals surface area contributed by atoms with E-state index in [2.05, 4.69) is 0 Å². The molecule has 0 radical (unpaired) electrons. The highest BCUT2D eigenvalue weighted by Gasteiger charge is 2.60. The average Bonchev–Trinajstić information content (AvgIpc) is 2.33. The Kier molecular flexibility index (Phi) is 4.42. The van der Waals surface area contributed by atoms with Gasteiger partial charge >= 0.3 is 5.97 Å². The van der Waals surface area contributed by atoms with Gasteiger partial charge in [0.1, 0.15) is 18.8 Å². The summed E-state index contributed by atoms with van der Waals surface area (Å²) < 4.78 is 17.4. The number of ether oxygens (including phenoxy) is 3. The molecule has 3 rings (SSSR count). The van der Waals surface area contributed by atoms with Crippen molar-refractivity contribution in [3.05, 3.63) is 0 Å². The first kappa shape index (κ1) is 16.4. The summed E-state index contributed by atoms with van der Waals surface area (Å²) >= 11 is 0. The largest absolute Gasteiger partial charge is 0.480 e. The van der Waals surface area contributed by atoms with Crippen LogP contribution in [-0.4, -0.2) is 53.5 Å². The van der Waals surface area contributed by atoms with Crippen molar-refractivity contribution in [2.75, 3.05) is 13.2 Å². The first-order valence-corrected chi connectivity index (χ1v) is 7.29. The second-order valence-corrected chi connectivity index (χ2v) is 6.75. The monoisotopic (exact) mass is 300 g/mol. The molecule has 1 saturated carbocycles. The van der Waals surface area contributed by atoms with Crippen LogP contribution in [0.5, 0.6) is 0 Å². The summed E-state index contributed by atoms with van der Waals surface area (Å²) in [6.07, 6.45) is 0.949. The van der Waals surface area contributed by atoms with Gasteiger partial charge in [-0.25, -0.2) is 4.79 Å². The van der Waals surface area contributed by atoms with Gasteiger partial charge in [0.15, 0.2) is 5.78 Å². The van der Waals surface area contributed by atoms with Crippen LogP contribution in [0.3, 0.4) is 0 Å². The van der Waals surface area contributed by atoms with E-state index in [1.807, 2.05) is 20.8 Å². The van der Waals surface area contributed by atoms with Gasteiger partial charge in [0.2, 0.25) is 0 Å². The number of carbonyl (C=O) groups excluding carboxylic acids is 1. The van der Waals surface area contributed by atoms with Gasteiger partial charge < -0.3 is 19.3 Å². The zero-order valence-electron chi connectivity index (χ0n) is 13.0. The number of rotatable bonds is 6. The smallest absolute Gasteiger partial charge is 0.329 e. The number of carboxylic acids is 1. The SMILES string of the molecule is CC(=O)COC1CC2CC(OCC(=O)O)C1(C)OC2(C)C. The van der Waals surface area contributed by atoms with Gasteiger partial charge in [-0.1, -0.05) is 0 Å². The molecule has 0 amide bonds. The summed E-state index contributed by atoms with van der Waals surface area (Å²) in [4.78, 5) is 21.9. The molecule has 6 heteroatoms. The lowest BCUT2D eigenvalue weighted by atomic mass is 9.65.